The van der Waals surface area contributed by atoms with E-state index in [1.54, 1.807) is 36.6 Å². The number of thioether (sulfide) groups is 1. The number of hydrogen-bond acceptors (Lipinski definition) is 8. The monoisotopic (exact) mass is 454 g/mol. The minimum atomic E-state index is -0.508. The summed E-state index contributed by atoms with van der Waals surface area (Å²) in [5.74, 6) is -0.286. The number of benzene rings is 2. The number of hydrogen-bond donors (Lipinski definition) is 2. The zero-order chi connectivity index (χ0) is 22.4. The van der Waals surface area contributed by atoms with E-state index in [0.717, 1.165) is 0 Å². The van der Waals surface area contributed by atoms with Gasteiger partial charge in [-0.2, -0.15) is 5.26 Å². The average Bonchev–Trinajstić information content (AvgIpc) is 2.78. The maximum Gasteiger partial charge on any atom is 0.270 e. The fourth-order valence-corrected chi connectivity index (χ4v) is 3.14. The fraction of sp³-hybridized carbons (Fsp3) is 0.100. The molecule has 11 heteroatoms. The Kier molecular flexibility index (Phi) is 7.02. The zero-order valence-electron chi connectivity index (χ0n) is 16.1. The second kappa shape index (κ2) is 9.88. The number of nitro groups is 1. The van der Waals surface area contributed by atoms with E-state index >= 15 is 0 Å². The lowest BCUT2D eigenvalue weighted by Gasteiger charge is -2.13. The Balaban J connectivity index is 2.06. The zero-order valence-corrected chi connectivity index (χ0v) is 17.7. The second-order valence-electron chi connectivity index (χ2n) is 6.09. The normalized spacial score (nSPS) is 10.2. The molecule has 31 heavy (non-hydrogen) atoms. The molecular weight excluding hydrogens is 440 g/mol. The molecule has 9 nitrogen and oxygen atoms in total. The van der Waals surface area contributed by atoms with Crippen LogP contribution in [-0.2, 0) is 4.79 Å². The molecular formula is C20H15ClN6O3S. The van der Waals surface area contributed by atoms with Gasteiger partial charge in [0.05, 0.1) is 10.6 Å². The maximum absolute atomic E-state index is 11.5. The Morgan fingerprint density at radius 2 is 1.97 bits per heavy atom. The van der Waals surface area contributed by atoms with E-state index in [9.17, 15) is 20.2 Å². The summed E-state index contributed by atoms with van der Waals surface area (Å²) in [6.07, 6.45) is 1.78. The predicted molar refractivity (Wildman–Crippen MR) is 120 cm³/mol. The lowest BCUT2D eigenvalue weighted by atomic mass is 10.1. The third-order valence-electron chi connectivity index (χ3n) is 4.04. The van der Waals surface area contributed by atoms with Crippen LogP contribution >= 0.6 is 23.4 Å². The van der Waals surface area contributed by atoms with Crippen LogP contribution in [0.1, 0.15) is 5.56 Å². The van der Waals surface area contributed by atoms with Crippen molar-refractivity contribution in [2.45, 2.75) is 5.16 Å². The first-order valence-corrected chi connectivity index (χ1v) is 10.5. The molecule has 0 bridgehead atoms. The summed E-state index contributed by atoms with van der Waals surface area (Å²) in [6, 6.07) is 14.8. The first-order chi connectivity index (χ1) is 14.9. The van der Waals surface area contributed by atoms with Crippen LogP contribution in [0.2, 0.25) is 0 Å². The summed E-state index contributed by atoms with van der Waals surface area (Å²) in [7, 11) is 0. The topological polar surface area (TPSA) is 134 Å². The number of carbonyl (C=O) groups is 1. The van der Waals surface area contributed by atoms with Crippen molar-refractivity contribution in [1.29, 1.82) is 5.26 Å². The summed E-state index contributed by atoms with van der Waals surface area (Å²) in [6.45, 7) is 0. The molecule has 3 rings (SSSR count). The van der Waals surface area contributed by atoms with E-state index in [1.807, 2.05) is 0 Å². The van der Waals surface area contributed by atoms with E-state index in [4.69, 9.17) is 11.6 Å². The van der Waals surface area contributed by atoms with Crippen molar-refractivity contribution in [2.24, 2.45) is 0 Å². The fourth-order valence-electron chi connectivity index (χ4n) is 2.71. The predicted octanol–water partition coefficient (Wildman–Crippen LogP) is 4.57. The number of non-ortho nitro benzene ring substituents is 1. The van der Waals surface area contributed by atoms with Gasteiger partial charge < -0.3 is 10.6 Å². The van der Waals surface area contributed by atoms with Gasteiger partial charge in [-0.3, -0.25) is 14.9 Å². The lowest BCUT2D eigenvalue weighted by Crippen LogP contribution is -2.12. The highest BCUT2D eigenvalue weighted by Gasteiger charge is 2.18. The van der Waals surface area contributed by atoms with Crippen molar-refractivity contribution in [3.8, 4) is 17.3 Å². The Morgan fingerprint density at radius 1 is 1.23 bits per heavy atom. The van der Waals surface area contributed by atoms with Crippen molar-refractivity contribution in [2.75, 3.05) is 22.8 Å². The maximum atomic E-state index is 11.5. The molecule has 0 radical (unpaired) electrons. The number of alkyl halides is 1. The number of rotatable bonds is 7. The molecule has 2 aromatic carbocycles. The van der Waals surface area contributed by atoms with Crippen LogP contribution in [-0.4, -0.2) is 32.9 Å². The molecule has 0 spiro atoms. The van der Waals surface area contributed by atoms with Crippen LogP contribution < -0.4 is 10.6 Å². The number of amides is 1. The van der Waals surface area contributed by atoms with Crippen LogP contribution in [0.15, 0.2) is 53.7 Å². The summed E-state index contributed by atoms with van der Waals surface area (Å²) >= 11 is 6.80. The highest BCUT2D eigenvalue weighted by atomic mass is 35.5. The Hall–Kier alpha value is -3.68. The van der Waals surface area contributed by atoms with Crippen molar-refractivity contribution >= 4 is 52.2 Å². The van der Waals surface area contributed by atoms with E-state index < -0.39 is 4.92 Å². The summed E-state index contributed by atoms with van der Waals surface area (Å²) in [4.78, 5) is 31.0. The van der Waals surface area contributed by atoms with Crippen LogP contribution in [0.25, 0.3) is 11.3 Å². The number of aromatic nitrogens is 2. The number of carbonyl (C=O) groups excluding carboxylic acids is 1. The molecule has 0 aliphatic rings. The summed E-state index contributed by atoms with van der Waals surface area (Å²) < 4.78 is 0. The van der Waals surface area contributed by atoms with Gasteiger partial charge in [0.15, 0.2) is 11.0 Å². The van der Waals surface area contributed by atoms with Gasteiger partial charge in [0, 0.05) is 29.1 Å². The molecule has 3 aromatic rings. The van der Waals surface area contributed by atoms with Gasteiger partial charge in [-0.15, -0.1) is 11.6 Å². The first kappa shape index (κ1) is 22.0. The van der Waals surface area contributed by atoms with Crippen LogP contribution in [0.3, 0.4) is 0 Å². The van der Waals surface area contributed by atoms with Crippen molar-refractivity contribution in [3.63, 3.8) is 0 Å². The van der Waals surface area contributed by atoms with E-state index in [-0.39, 0.29) is 34.5 Å². The van der Waals surface area contributed by atoms with Crippen molar-refractivity contribution in [1.82, 2.24) is 9.97 Å². The molecule has 0 saturated carbocycles. The highest BCUT2D eigenvalue weighted by molar-refractivity contribution is 7.98. The molecule has 1 heterocycles. The first-order valence-electron chi connectivity index (χ1n) is 8.79. The standard InChI is InChI=1S/C20H15ClN6O3S/c1-31-20-25-18(12-4-2-7-15(8-12)27(29)30)16(11-22)19(26-20)24-14-6-3-5-13(9-14)23-17(28)10-21/h2-9H,10H2,1H3,(H,23,28)(H,24,25,26). The number of halogens is 1. The number of nitriles is 1. The van der Waals surface area contributed by atoms with Gasteiger partial charge in [0.1, 0.15) is 17.5 Å². The average molecular weight is 455 g/mol. The van der Waals surface area contributed by atoms with E-state index in [0.29, 0.717) is 22.1 Å². The number of nitrogens with one attached hydrogen (secondary N) is 2. The smallest absolute Gasteiger partial charge is 0.270 e. The lowest BCUT2D eigenvalue weighted by molar-refractivity contribution is -0.384. The van der Waals surface area contributed by atoms with Gasteiger partial charge in [-0.25, -0.2) is 9.97 Å². The molecule has 0 aliphatic carbocycles. The number of nitro benzene ring substituents is 1. The van der Waals surface area contributed by atoms with E-state index in [2.05, 4.69) is 26.7 Å². The second-order valence-corrected chi connectivity index (χ2v) is 7.13. The van der Waals surface area contributed by atoms with Gasteiger partial charge in [-0.05, 0) is 24.5 Å². The molecule has 0 saturated heterocycles. The SMILES string of the molecule is CSc1nc(Nc2cccc(NC(=O)CCl)c2)c(C#N)c(-c2cccc([N+](=O)[O-])c2)n1. The molecule has 0 fully saturated rings. The summed E-state index contributed by atoms with van der Waals surface area (Å²) in [5, 5.41) is 27.1. The number of nitrogens with zero attached hydrogens (tertiary/aromatic N) is 4. The Labute approximate surface area is 186 Å². The molecule has 0 unspecified atom stereocenters. The van der Waals surface area contributed by atoms with Crippen LogP contribution in [0.5, 0.6) is 0 Å². The van der Waals surface area contributed by atoms with Gasteiger partial charge in [-0.1, -0.05) is 30.0 Å². The third kappa shape index (κ3) is 5.28. The largest absolute Gasteiger partial charge is 0.339 e. The van der Waals surface area contributed by atoms with Crippen molar-refractivity contribution < 1.29 is 9.72 Å². The Morgan fingerprint density at radius 3 is 2.65 bits per heavy atom. The minimum Gasteiger partial charge on any atom is -0.339 e. The molecule has 0 atom stereocenters. The molecule has 2 N–H and O–H groups in total. The molecule has 1 aromatic heterocycles. The Bertz CT molecular complexity index is 1200. The summed E-state index contributed by atoms with van der Waals surface area (Å²) in [5.41, 5.74) is 1.82. The quantitative estimate of drug-likeness (QED) is 0.174. The van der Waals surface area contributed by atoms with Crippen LogP contribution in [0, 0.1) is 21.4 Å². The third-order valence-corrected chi connectivity index (χ3v) is 4.83. The van der Waals surface area contributed by atoms with Crippen molar-refractivity contribution in [3.05, 3.63) is 64.2 Å². The molecule has 156 valence electrons. The van der Waals surface area contributed by atoms with Gasteiger partial charge in [0.25, 0.3) is 5.69 Å². The van der Waals surface area contributed by atoms with Gasteiger partial charge in [0.2, 0.25) is 5.91 Å². The molecule has 1 amide bonds. The molecule has 0 aliphatic heterocycles. The minimum absolute atomic E-state index is 0.108. The van der Waals surface area contributed by atoms with Crippen LogP contribution in [0.4, 0.5) is 22.9 Å². The van der Waals surface area contributed by atoms with E-state index in [1.165, 1.54) is 30.0 Å². The number of anilines is 3. The highest BCUT2D eigenvalue weighted by Crippen LogP contribution is 2.32. The van der Waals surface area contributed by atoms with Gasteiger partial charge >= 0.3 is 0 Å².